The molecule has 0 unspecified atom stereocenters. The van der Waals surface area contributed by atoms with Crippen molar-refractivity contribution in [1.29, 1.82) is 0 Å². The van der Waals surface area contributed by atoms with Gasteiger partial charge in [0.2, 0.25) is 5.82 Å². The van der Waals surface area contributed by atoms with Gasteiger partial charge in [-0.3, -0.25) is 4.79 Å². The maximum absolute atomic E-state index is 12.8. The average molecular weight is 398 g/mol. The standard InChI is InChI=1S/C20H22N4O3S/c1-3-27-15-6-4-14(5-7-15)21-20(25)18-22-16-12-28-13(2)17(16)19(23-18)24-8-10-26-11-9-24/h4-7,12H,3,8-11H2,1-2H3,(H,21,25). The van der Waals surface area contributed by atoms with Crippen molar-refractivity contribution in [3.63, 3.8) is 0 Å². The molecule has 28 heavy (non-hydrogen) atoms. The molecule has 1 saturated heterocycles. The Balaban J connectivity index is 1.63. The molecule has 0 radical (unpaired) electrons. The van der Waals surface area contributed by atoms with Crippen LogP contribution in [-0.2, 0) is 4.74 Å². The monoisotopic (exact) mass is 398 g/mol. The van der Waals surface area contributed by atoms with Crippen LogP contribution in [0.4, 0.5) is 11.5 Å². The highest BCUT2D eigenvalue weighted by atomic mass is 32.1. The van der Waals surface area contributed by atoms with Crippen molar-refractivity contribution in [1.82, 2.24) is 9.97 Å². The van der Waals surface area contributed by atoms with E-state index < -0.39 is 0 Å². The van der Waals surface area contributed by atoms with Crippen LogP contribution in [0.2, 0.25) is 0 Å². The molecular weight excluding hydrogens is 376 g/mol. The molecule has 1 aliphatic rings. The molecule has 1 N–H and O–H groups in total. The molecule has 8 heteroatoms. The van der Waals surface area contributed by atoms with Crippen molar-refractivity contribution in [3.05, 3.63) is 40.3 Å². The van der Waals surface area contributed by atoms with Crippen LogP contribution in [0.1, 0.15) is 22.4 Å². The maximum Gasteiger partial charge on any atom is 0.293 e. The number of fused-ring (bicyclic) bond motifs is 1. The fourth-order valence-electron chi connectivity index (χ4n) is 3.19. The Hall–Kier alpha value is -2.71. The van der Waals surface area contributed by atoms with Crippen molar-refractivity contribution in [2.24, 2.45) is 0 Å². The molecule has 0 saturated carbocycles. The Labute approximate surface area is 167 Å². The number of aryl methyl sites for hydroxylation is 1. The number of morpholine rings is 1. The summed E-state index contributed by atoms with van der Waals surface area (Å²) in [4.78, 5) is 25.2. The van der Waals surface area contributed by atoms with Gasteiger partial charge >= 0.3 is 0 Å². The molecule has 0 spiro atoms. The molecule has 1 aromatic carbocycles. The van der Waals surface area contributed by atoms with Crippen LogP contribution in [0.15, 0.2) is 29.6 Å². The topological polar surface area (TPSA) is 76.6 Å². The molecule has 2 aromatic heterocycles. The van der Waals surface area contributed by atoms with Crippen LogP contribution >= 0.6 is 11.3 Å². The van der Waals surface area contributed by atoms with Crippen molar-refractivity contribution < 1.29 is 14.3 Å². The summed E-state index contributed by atoms with van der Waals surface area (Å²) in [5.41, 5.74) is 1.47. The second-order valence-electron chi connectivity index (χ2n) is 6.43. The Kier molecular flexibility index (Phi) is 5.40. The number of rotatable bonds is 5. The minimum absolute atomic E-state index is 0.167. The van der Waals surface area contributed by atoms with E-state index in [0.717, 1.165) is 40.4 Å². The van der Waals surface area contributed by atoms with Crippen LogP contribution < -0.4 is 15.0 Å². The van der Waals surface area contributed by atoms with Crippen molar-refractivity contribution in [2.75, 3.05) is 43.1 Å². The normalized spacial score (nSPS) is 14.3. The smallest absolute Gasteiger partial charge is 0.293 e. The van der Waals surface area contributed by atoms with Crippen LogP contribution in [0.25, 0.3) is 10.9 Å². The average Bonchev–Trinajstić information content (AvgIpc) is 3.10. The number of nitrogens with zero attached hydrogens (tertiary/aromatic N) is 3. The van der Waals surface area contributed by atoms with Gasteiger partial charge in [0.1, 0.15) is 11.6 Å². The highest BCUT2D eigenvalue weighted by molar-refractivity contribution is 7.11. The number of nitrogens with one attached hydrogen (secondary N) is 1. The predicted octanol–water partition coefficient (Wildman–Crippen LogP) is 3.49. The summed E-state index contributed by atoms with van der Waals surface area (Å²) in [5.74, 6) is 1.41. The van der Waals surface area contributed by atoms with E-state index in [1.54, 1.807) is 23.5 Å². The lowest BCUT2D eigenvalue weighted by molar-refractivity contribution is 0.101. The van der Waals surface area contributed by atoms with Gasteiger partial charge in [-0.2, -0.15) is 0 Å². The Morgan fingerprint density at radius 1 is 1.25 bits per heavy atom. The van der Waals surface area contributed by atoms with E-state index in [1.807, 2.05) is 24.4 Å². The van der Waals surface area contributed by atoms with Gasteiger partial charge in [-0.1, -0.05) is 0 Å². The number of hydrogen-bond donors (Lipinski definition) is 1. The predicted molar refractivity (Wildman–Crippen MR) is 111 cm³/mol. The number of benzene rings is 1. The van der Waals surface area contributed by atoms with E-state index in [0.29, 0.717) is 25.5 Å². The Morgan fingerprint density at radius 2 is 2.00 bits per heavy atom. The first-order valence-corrected chi connectivity index (χ1v) is 10.2. The third-order valence-corrected chi connectivity index (χ3v) is 5.45. The number of carbonyl (C=O) groups excluding carboxylic acids is 1. The first kappa shape index (κ1) is 18.6. The molecule has 146 valence electrons. The van der Waals surface area contributed by atoms with Gasteiger partial charge in [-0.05, 0) is 38.1 Å². The van der Waals surface area contributed by atoms with Gasteiger partial charge in [-0.25, -0.2) is 9.97 Å². The fraction of sp³-hybridized carbons (Fsp3) is 0.350. The summed E-state index contributed by atoms with van der Waals surface area (Å²) in [6, 6.07) is 7.26. The molecule has 0 atom stereocenters. The highest BCUT2D eigenvalue weighted by Gasteiger charge is 2.22. The number of aromatic nitrogens is 2. The van der Waals surface area contributed by atoms with Crippen LogP contribution in [0, 0.1) is 6.92 Å². The zero-order valence-electron chi connectivity index (χ0n) is 15.9. The zero-order valence-corrected chi connectivity index (χ0v) is 16.7. The number of hydrogen-bond acceptors (Lipinski definition) is 7. The number of ether oxygens (including phenoxy) is 2. The molecule has 3 heterocycles. The molecule has 0 bridgehead atoms. The molecule has 4 rings (SSSR count). The Morgan fingerprint density at radius 3 is 2.71 bits per heavy atom. The summed E-state index contributed by atoms with van der Waals surface area (Å²) in [7, 11) is 0. The Bertz CT molecular complexity index is 981. The second kappa shape index (κ2) is 8.12. The van der Waals surface area contributed by atoms with Gasteiger partial charge in [0.05, 0.1) is 30.7 Å². The molecule has 0 aliphatic carbocycles. The van der Waals surface area contributed by atoms with Crippen LogP contribution in [-0.4, -0.2) is 48.8 Å². The summed E-state index contributed by atoms with van der Waals surface area (Å²) in [6.07, 6.45) is 0. The summed E-state index contributed by atoms with van der Waals surface area (Å²) in [5, 5.41) is 5.86. The minimum Gasteiger partial charge on any atom is -0.494 e. The summed E-state index contributed by atoms with van der Waals surface area (Å²) < 4.78 is 10.9. The third kappa shape index (κ3) is 3.79. The first-order valence-electron chi connectivity index (χ1n) is 9.28. The van der Waals surface area contributed by atoms with Gasteiger partial charge in [0.25, 0.3) is 5.91 Å². The molecule has 3 aromatic rings. The van der Waals surface area contributed by atoms with Crippen LogP contribution in [0.3, 0.4) is 0 Å². The van der Waals surface area contributed by atoms with Crippen molar-refractivity contribution >= 4 is 39.7 Å². The maximum atomic E-state index is 12.8. The summed E-state index contributed by atoms with van der Waals surface area (Å²) >= 11 is 1.62. The molecule has 7 nitrogen and oxygen atoms in total. The van der Waals surface area contributed by atoms with E-state index in [2.05, 4.69) is 27.1 Å². The lowest BCUT2D eigenvalue weighted by Crippen LogP contribution is -2.37. The molecule has 1 aliphatic heterocycles. The van der Waals surface area contributed by atoms with E-state index in [-0.39, 0.29) is 11.7 Å². The van der Waals surface area contributed by atoms with E-state index in [1.165, 1.54) is 0 Å². The second-order valence-corrected chi connectivity index (χ2v) is 7.52. The fourth-order valence-corrected chi connectivity index (χ4v) is 3.96. The zero-order chi connectivity index (χ0) is 19.5. The third-order valence-electron chi connectivity index (χ3n) is 4.55. The molecule has 1 amide bonds. The van der Waals surface area contributed by atoms with E-state index in [9.17, 15) is 4.79 Å². The number of thiophene rings is 1. The minimum atomic E-state index is -0.329. The lowest BCUT2D eigenvalue weighted by atomic mass is 10.2. The van der Waals surface area contributed by atoms with Gasteiger partial charge in [0.15, 0.2) is 0 Å². The number of carbonyl (C=O) groups is 1. The quantitative estimate of drug-likeness (QED) is 0.709. The number of anilines is 2. The molecular formula is C20H22N4O3S. The van der Waals surface area contributed by atoms with Crippen LogP contribution in [0.5, 0.6) is 5.75 Å². The van der Waals surface area contributed by atoms with Crippen molar-refractivity contribution in [3.8, 4) is 5.75 Å². The van der Waals surface area contributed by atoms with Gasteiger partial charge in [0, 0.05) is 29.0 Å². The van der Waals surface area contributed by atoms with E-state index in [4.69, 9.17) is 9.47 Å². The van der Waals surface area contributed by atoms with Gasteiger partial charge in [-0.15, -0.1) is 11.3 Å². The number of amides is 1. The first-order chi connectivity index (χ1) is 13.7. The van der Waals surface area contributed by atoms with E-state index >= 15 is 0 Å². The highest BCUT2D eigenvalue weighted by Crippen LogP contribution is 2.32. The largest absolute Gasteiger partial charge is 0.494 e. The SMILES string of the molecule is CCOc1ccc(NC(=O)c2nc(N3CCOCC3)c3c(C)scc3n2)cc1. The van der Waals surface area contributed by atoms with Crippen molar-refractivity contribution in [2.45, 2.75) is 13.8 Å². The summed E-state index contributed by atoms with van der Waals surface area (Å²) in [6.45, 7) is 7.40. The lowest BCUT2D eigenvalue weighted by Gasteiger charge is -2.28. The van der Waals surface area contributed by atoms with Gasteiger partial charge < -0.3 is 19.7 Å². The molecule has 1 fully saturated rings.